The van der Waals surface area contributed by atoms with Gasteiger partial charge in [-0.1, -0.05) is 13.0 Å². The Morgan fingerprint density at radius 1 is 1.21 bits per heavy atom. The van der Waals surface area contributed by atoms with Gasteiger partial charge in [-0.2, -0.15) is 0 Å². The van der Waals surface area contributed by atoms with Crippen LogP contribution in [0.1, 0.15) is 18.3 Å². The first-order valence-electron chi connectivity index (χ1n) is 6.50. The average molecular weight is 257 g/mol. The van der Waals surface area contributed by atoms with Gasteiger partial charge < -0.3 is 10.6 Å². The molecule has 0 saturated carbocycles. The van der Waals surface area contributed by atoms with Gasteiger partial charge in [0.05, 0.1) is 0 Å². The van der Waals surface area contributed by atoms with Crippen LogP contribution < -0.4 is 10.6 Å². The summed E-state index contributed by atoms with van der Waals surface area (Å²) in [6.07, 6.45) is 5.42. The van der Waals surface area contributed by atoms with Gasteiger partial charge in [0.25, 0.3) is 0 Å². The standard InChI is InChI=1S/C14H19N5/c1-3-12-18-13(15-2)9-14(19-12)17-8-6-11-5-4-7-16-10-11/h4-5,7,9-10H,3,6,8H2,1-2H3,(H2,15,17,18,19). The van der Waals surface area contributed by atoms with Gasteiger partial charge in [0, 0.05) is 38.5 Å². The molecule has 0 aliphatic carbocycles. The molecular weight excluding hydrogens is 238 g/mol. The second kappa shape index (κ2) is 6.68. The van der Waals surface area contributed by atoms with Gasteiger partial charge in [-0.05, 0) is 18.1 Å². The molecule has 0 amide bonds. The highest BCUT2D eigenvalue weighted by atomic mass is 15.1. The molecule has 0 saturated heterocycles. The van der Waals surface area contributed by atoms with Gasteiger partial charge in [-0.25, -0.2) is 9.97 Å². The molecule has 2 aromatic rings. The number of nitrogens with one attached hydrogen (secondary N) is 2. The topological polar surface area (TPSA) is 62.7 Å². The Labute approximate surface area is 113 Å². The third-order valence-electron chi connectivity index (χ3n) is 2.79. The first-order chi connectivity index (χ1) is 9.31. The van der Waals surface area contributed by atoms with E-state index in [0.29, 0.717) is 0 Å². The largest absolute Gasteiger partial charge is 0.373 e. The van der Waals surface area contributed by atoms with E-state index in [4.69, 9.17) is 0 Å². The summed E-state index contributed by atoms with van der Waals surface area (Å²) in [5.41, 5.74) is 1.22. The summed E-state index contributed by atoms with van der Waals surface area (Å²) in [5.74, 6) is 2.55. The van der Waals surface area contributed by atoms with Gasteiger partial charge in [-0.3, -0.25) is 4.98 Å². The molecule has 0 spiro atoms. The Bertz CT molecular complexity index is 490. The maximum absolute atomic E-state index is 4.45. The molecule has 0 atom stereocenters. The molecule has 0 aliphatic rings. The van der Waals surface area contributed by atoms with Crippen molar-refractivity contribution in [2.75, 3.05) is 24.2 Å². The summed E-state index contributed by atoms with van der Waals surface area (Å²) in [7, 11) is 1.86. The van der Waals surface area contributed by atoms with E-state index in [1.807, 2.05) is 32.3 Å². The fourth-order valence-electron chi connectivity index (χ4n) is 1.75. The lowest BCUT2D eigenvalue weighted by Gasteiger charge is -2.09. The van der Waals surface area contributed by atoms with Crippen molar-refractivity contribution in [3.63, 3.8) is 0 Å². The number of anilines is 2. The fourth-order valence-corrected chi connectivity index (χ4v) is 1.75. The molecule has 0 unspecified atom stereocenters. The zero-order valence-corrected chi connectivity index (χ0v) is 11.3. The van der Waals surface area contributed by atoms with E-state index in [9.17, 15) is 0 Å². The number of hydrogen-bond donors (Lipinski definition) is 2. The van der Waals surface area contributed by atoms with E-state index in [2.05, 4.69) is 31.7 Å². The zero-order chi connectivity index (χ0) is 13.5. The first kappa shape index (κ1) is 13.3. The molecule has 5 heteroatoms. The minimum Gasteiger partial charge on any atom is -0.373 e. The van der Waals surface area contributed by atoms with Crippen molar-refractivity contribution in [3.05, 3.63) is 42.0 Å². The molecule has 2 aromatic heterocycles. The van der Waals surface area contributed by atoms with Crippen LogP contribution >= 0.6 is 0 Å². The van der Waals surface area contributed by atoms with E-state index in [1.165, 1.54) is 5.56 Å². The minimum atomic E-state index is 0.826. The van der Waals surface area contributed by atoms with Crippen LogP contribution in [0.15, 0.2) is 30.6 Å². The summed E-state index contributed by atoms with van der Waals surface area (Å²) in [4.78, 5) is 12.9. The van der Waals surface area contributed by atoms with Gasteiger partial charge in [-0.15, -0.1) is 0 Å². The third-order valence-corrected chi connectivity index (χ3v) is 2.79. The normalized spacial score (nSPS) is 10.2. The number of aromatic nitrogens is 3. The number of nitrogens with zero attached hydrogens (tertiary/aromatic N) is 3. The van der Waals surface area contributed by atoms with E-state index in [0.717, 1.165) is 36.8 Å². The first-order valence-corrected chi connectivity index (χ1v) is 6.50. The summed E-state index contributed by atoms with van der Waals surface area (Å²) in [6.45, 7) is 2.88. The Hall–Kier alpha value is -2.17. The molecule has 0 aliphatic heterocycles. The third kappa shape index (κ3) is 3.91. The lowest BCUT2D eigenvalue weighted by molar-refractivity contribution is 0.925. The highest BCUT2D eigenvalue weighted by Gasteiger charge is 2.02. The van der Waals surface area contributed by atoms with E-state index in [-0.39, 0.29) is 0 Å². The quantitative estimate of drug-likeness (QED) is 0.830. The second-order valence-corrected chi connectivity index (χ2v) is 4.20. The van der Waals surface area contributed by atoms with E-state index >= 15 is 0 Å². The van der Waals surface area contributed by atoms with Crippen LogP contribution in [-0.4, -0.2) is 28.5 Å². The molecule has 0 fully saturated rings. The summed E-state index contributed by atoms with van der Waals surface area (Å²) in [6, 6.07) is 5.95. The van der Waals surface area contributed by atoms with Crippen molar-refractivity contribution in [2.24, 2.45) is 0 Å². The van der Waals surface area contributed by atoms with Crippen LogP contribution in [0, 0.1) is 0 Å². The number of aryl methyl sites for hydroxylation is 1. The van der Waals surface area contributed by atoms with Gasteiger partial charge in [0.15, 0.2) is 0 Å². The Balaban J connectivity index is 1.95. The van der Waals surface area contributed by atoms with Gasteiger partial charge in [0.1, 0.15) is 17.5 Å². The highest BCUT2D eigenvalue weighted by molar-refractivity contribution is 5.47. The van der Waals surface area contributed by atoms with Crippen LogP contribution in [0.4, 0.5) is 11.6 Å². The van der Waals surface area contributed by atoms with Crippen molar-refractivity contribution in [2.45, 2.75) is 19.8 Å². The van der Waals surface area contributed by atoms with Crippen molar-refractivity contribution in [3.8, 4) is 0 Å². The highest BCUT2D eigenvalue weighted by Crippen LogP contribution is 2.11. The van der Waals surface area contributed by atoms with Crippen molar-refractivity contribution >= 4 is 11.6 Å². The van der Waals surface area contributed by atoms with Gasteiger partial charge in [0.2, 0.25) is 0 Å². The van der Waals surface area contributed by atoms with Crippen LogP contribution in [-0.2, 0) is 12.8 Å². The van der Waals surface area contributed by atoms with Crippen LogP contribution in [0.5, 0.6) is 0 Å². The van der Waals surface area contributed by atoms with Crippen molar-refractivity contribution < 1.29 is 0 Å². The molecule has 5 nitrogen and oxygen atoms in total. The molecule has 19 heavy (non-hydrogen) atoms. The lowest BCUT2D eigenvalue weighted by Crippen LogP contribution is -2.09. The number of hydrogen-bond acceptors (Lipinski definition) is 5. The number of rotatable bonds is 6. The molecule has 0 bridgehead atoms. The number of pyridine rings is 1. The molecule has 2 heterocycles. The molecule has 0 aromatic carbocycles. The Morgan fingerprint density at radius 2 is 2.05 bits per heavy atom. The predicted octanol–water partition coefficient (Wildman–Crippen LogP) is 2.13. The summed E-state index contributed by atoms with van der Waals surface area (Å²) in [5, 5.41) is 6.37. The lowest BCUT2D eigenvalue weighted by atomic mass is 10.2. The molecule has 2 rings (SSSR count). The monoisotopic (exact) mass is 257 g/mol. The smallest absolute Gasteiger partial charge is 0.132 e. The molecular formula is C14H19N5. The van der Waals surface area contributed by atoms with E-state index < -0.39 is 0 Å². The fraction of sp³-hybridized carbons (Fsp3) is 0.357. The van der Waals surface area contributed by atoms with Crippen LogP contribution in [0.2, 0.25) is 0 Å². The SMILES string of the molecule is CCc1nc(NC)cc(NCCc2cccnc2)n1. The van der Waals surface area contributed by atoms with E-state index in [1.54, 1.807) is 6.20 Å². The summed E-state index contributed by atoms with van der Waals surface area (Å²) < 4.78 is 0. The maximum atomic E-state index is 4.45. The maximum Gasteiger partial charge on any atom is 0.132 e. The molecule has 100 valence electrons. The van der Waals surface area contributed by atoms with Crippen LogP contribution in [0.3, 0.4) is 0 Å². The Kier molecular flexibility index (Phi) is 4.66. The van der Waals surface area contributed by atoms with Crippen molar-refractivity contribution in [1.82, 2.24) is 15.0 Å². The minimum absolute atomic E-state index is 0.826. The zero-order valence-electron chi connectivity index (χ0n) is 11.3. The second-order valence-electron chi connectivity index (χ2n) is 4.20. The predicted molar refractivity (Wildman–Crippen MR) is 77.4 cm³/mol. The molecule has 2 N–H and O–H groups in total. The average Bonchev–Trinajstić information content (AvgIpc) is 2.48. The Morgan fingerprint density at radius 3 is 2.74 bits per heavy atom. The molecule has 0 radical (unpaired) electrons. The van der Waals surface area contributed by atoms with Crippen LogP contribution in [0.25, 0.3) is 0 Å². The summed E-state index contributed by atoms with van der Waals surface area (Å²) >= 11 is 0. The van der Waals surface area contributed by atoms with Crippen molar-refractivity contribution in [1.29, 1.82) is 0 Å². The van der Waals surface area contributed by atoms with Gasteiger partial charge >= 0.3 is 0 Å².